The number of hydrogen-bond donors (Lipinski definition) is 1. The minimum absolute atomic E-state index is 0.463. The second kappa shape index (κ2) is 7.11. The molecule has 0 radical (unpaired) electrons. The lowest BCUT2D eigenvalue weighted by atomic mass is 10.00. The Bertz CT molecular complexity index is 367. The fraction of sp³-hybridized carbons (Fsp3) is 0.750. The van der Waals surface area contributed by atoms with Gasteiger partial charge < -0.3 is 9.73 Å². The first-order valence-corrected chi connectivity index (χ1v) is 7.74. The van der Waals surface area contributed by atoms with Crippen LogP contribution in [0.1, 0.15) is 51.2 Å². The van der Waals surface area contributed by atoms with Crippen molar-refractivity contribution in [3.05, 3.63) is 23.7 Å². The molecule has 0 unspecified atom stereocenters. The molecule has 0 bridgehead atoms. The van der Waals surface area contributed by atoms with Gasteiger partial charge in [-0.2, -0.15) is 0 Å². The summed E-state index contributed by atoms with van der Waals surface area (Å²) in [6.45, 7) is 11.2. The van der Waals surface area contributed by atoms with Crippen molar-refractivity contribution < 1.29 is 4.42 Å². The molecular weight excluding hydrogens is 236 g/mol. The number of nitrogens with one attached hydrogen (secondary N) is 1. The van der Waals surface area contributed by atoms with Crippen molar-refractivity contribution in [3.63, 3.8) is 0 Å². The van der Waals surface area contributed by atoms with Gasteiger partial charge in [0.1, 0.15) is 11.5 Å². The summed E-state index contributed by atoms with van der Waals surface area (Å²) < 4.78 is 6.02. The molecule has 1 N–H and O–H groups in total. The van der Waals surface area contributed by atoms with Gasteiger partial charge in [-0.25, -0.2) is 0 Å². The molecule has 3 nitrogen and oxygen atoms in total. The van der Waals surface area contributed by atoms with Gasteiger partial charge in [-0.05, 0) is 30.9 Å². The van der Waals surface area contributed by atoms with Crippen molar-refractivity contribution in [1.82, 2.24) is 10.2 Å². The number of hydrogen-bond acceptors (Lipinski definition) is 3. The van der Waals surface area contributed by atoms with E-state index in [0.717, 1.165) is 44.3 Å². The average molecular weight is 264 g/mol. The zero-order valence-corrected chi connectivity index (χ0v) is 12.6. The van der Waals surface area contributed by atoms with E-state index >= 15 is 0 Å². The van der Waals surface area contributed by atoms with Gasteiger partial charge in [0.15, 0.2) is 0 Å². The Kier molecular flexibility index (Phi) is 5.46. The highest BCUT2D eigenvalue weighted by molar-refractivity contribution is 5.11. The summed E-state index contributed by atoms with van der Waals surface area (Å²) in [7, 11) is 0. The van der Waals surface area contributed by atoms with E-state index in [0.29, 0.717) is 6.04 Å². The highest BCUT2D eigenvalue weighted by Gasteiger charge is 2.24. The van der Waals surface area contributed by atoms with Crippen molar-refractivity contribution >= 4 is 0 Å². The number of rotatable bonds is 6. The molecule has 0 saturated carbocycles. The van der Waals surface area contributed by atoms with Crippen LogP contribution in [0, 0.1) is 5.92 Å². The molecule has 108 valence electrons. The molecule has 2 heterocycles. The van der Waals surface area contributed by atoms with E-state index in [1.807, 2.05) is 0 Å². The van der Waals surface area contributed by atoms with Gasteiger partial charge in [-0.1, -0.05) is 20.8 Å². The monoisotopic (exact) mass is 264 g/mol. The molecule has 0 amide bonds. The van der Waals surface area contributed by atoms with Crippen LogP contribution < -0.4 is 5.32 Å². The van der Waals surface area contributed by atoms with E-state index in [4.69, 9.17) is 4.42 Å². The standard InChI is InChI=1S/C16H28N2O/c1-4-14-6-8-16(19-14)15(7-5-13(2)3)18-11-9-17-10-12-18/h6,8,13,15,17H,4-5,7,9-12H2,1-3H3/t15-/m1/s1. The lowest BCUT2D eigenvalue weighted by molar-refractivity contribution is 0.140. The van der Waals surface area contributed by atoms with Crippen molar-refractivity contribution in [2.75, 3.05) is 26.2 Å². The van der Waals surface area contributed by atoms with Gasteiger partial charge in [0.05, 0.1) is 6.04 Å². The topological polar surface area (TPSA) is 28.4 Å². The second-order valence-corrected chi connectivity index (χ2v) is 5.93. The predicted molar refractivity (Wildman–Crippen MR) is 79.3 cm³/mol. The molecule has 0 spiro atoms. The van der Waals surface area contributed by atoms with Crippen molar-refractivity contribution in [3.8, 4) is 0 Å². The molecule has 1 atom stereocenters. The van der Waals surface area contributed by atoms with Gasteiger partial charge in [-0.15, -0.1) is 0 Å². The maximum absolute atomic E-state index is 6.02. The summed E-state index contributed by atoms with van der Waals surface area (Å²) in [6.07, 6.45) is 3.45. The third-order valence-electron chi connectivity index (χ3n) is 3.97. The fourth-order valence-corrected chi connectivity index (χ4v) is 2.75. The van der Waals surface area contributed by atoms with Crippen molar-refractivity contribution in [2.45, 2.75) is 46.1 Å². The largest absolute Gasteiger partial charge is 0.464 e. The summed E-state index contributed by atoms with van der Waals surface area (Å²) in [4.78, 5) is 2.58. The van der Waals surface area contributed by atoms with Gasteiger partial charge in [0, 0.05) is 32.6 Å². The summed E-state index contributed by atoms with van der Waals surface area (Å²) in [5, 5.41) is 3.43. The average Bonchev–Trinajstić information content (AvgIpc) is 2.89. The highest BCUT2D eigenvalue weighted by Crippen LogP contribution is 2.29. The molecule has 19 heavy (non-hydrogen) atoms. The maximum atomic E-state index is 6.02. The SMILES string of the molecule is CCc1ccc([C@@H](CCC(C)C)N2CCNCC2)o1. The Balaban J connectivity index is 2.07. The van der Waals surface area contributed by atoms with Crippen LogP contribution in [0.3, 0.4) is 0 Å². The number of piperazine rings is 1. The van der Waals surface area contributed by atoms with Gasteiger partial charge in [0.2, 0.25) is 0 Å². The zero-order chi connectivity index (χ0) is 13.7. The van der Waals surface area contributed by atoms with E-state index in [9.17, 15) is 0 Å². The molecule has 3 heteroatoms. The van der Waals surface area contributed by atoms with Gasteiger partial charge >= 0.3 is 0 Å². The Hall–Kier alpha value is -0.800. The Morgan fingerprint density at radius 3 is 2.53 bits per heavy atom. The highest BCUT2D eigenvalue weighted by atomic mass is 16.3. The van der Waals surface area contributed by atoms with Crippen molar-refractivity contribution in [2.24, 2.45) is 5.92 Å². The van der Waals surface area contributed by atoms with Crippen LogP contribution in [0.5, 0.6) is 0 Å². The minimum atomic E-state index is 0.463. The number of aryl methyl sites for hydroxylation is 1. The molecule has 1 fully saturated rings. The Morgan fingerprint density at radius 2 is 1.95 bits per heavy atom. The lowest BCUT2D eigenvalue weighted by Crippen LogP contribution is -2.45. The first kappa shape index (κ1) is 14.6. The van der Waals surface area contributed by atoms with Crippen LogP contribution in [-0.2, 0) is 6.42 Å². The Morgan fingerprint density at radius 1 is 1.21 bits per heavy atom. The van der Waals surface area contributed by atoms with E-state index in [-0.39, 0.29) is 0 Å². The first-order chi connectivity index (χ1) is 9.20. The molecule has 1 aliphatic rings. The third-order valence-corrected chi connectivity index (χ3v) is 3.97. The van der Waals surface area contributed by atoms with Crippen LogP contribution in [0.25, 0.3) is 0 Å². The summed E-state index contributed by atoms with van der Waals surface area (Å²) in [5.74, 6) is 3.03. The summed E-state index contributed by atoms with van der Waals surface area (Å²) in [6, 6.07) is 4.79. The quantitative estimate of drug-likeness (QED) is 0.855. The normalized spacial score (nSPS) is 18.9. The van der Waals surface area contributed by atoms with Gasteiger partial charge in [-0.3, -0.25) is 4.90 Å². The smallest absolute Gasteiger partial charge is 0.121 e. The molecule has 1 saturated heterocycles. The van der Waals surface area contributed by atoms with E-state index in [2.05, 4.69) is 43.1 Å². The minimum Gasteiger partial charge on any atom is -0.464 e. The third kappa shape index (κ3) is 4.08. The number of nitrogens with zero attached hydrogens (tertiary/aromatic N) is 1. The van der Waals surface area contributed by atoms with Crippen LogP contribution in [-0.4, -0.2) is 31.1 Å². The molecule has 0 aliphatic carbocycles. The molecule has 1 aromatic heterocycles. The zero-order valence-electron chi connectivity index (χ0n) is 12.6. The Labute approximate surface area is 117 Å². The predicted octanol–water partition coefficient (Wildman–Crippen LogP) is 3.22. The first-order valence-electron chi connectivity index (χ1n) is 7.74. The summed E-state index contributed by atoms with van der Waals surface area (Å²) in [5.41, 5.74) is 0. The fourth-order valence-electron chi connectivity index (χ4n) is 2.75. The second-order valence-electron chi connectivity index (χ2n) is 5.93. The molecule has 1 aliphatic heterocycles. The van der Waals surface area contributed by atoms with E-state index in [1.54, 1.807) is 0 Å². The molecular formula is C16H28N2O. The van der Waals surface area contributed by atoms with Gasteiger partial charge in [0.25, 0.3) is 0 Å². The summed E-state index contributed by atoms with van der Waals surface area (Å²) >= 11 is 0. The number of furan rings is 1. The van der Waals surface area contributed by atoms with E-state index < -0.39 is 0 Å². The lowest BCUT2D eigenvalue weighted by Gasteiger charge is -2.34. The molecule has 0 aromatic carbocycles. The van der Waals surface area contributed by atoms with Crippen LogP contribution in [0.15, 0.2) is 16.5 Å². The van der Waals surface area contributed by atoms with Crippen LogP contribution >= 0.6 is 0 Å². The molecule has 2 rings (SSSR count). The van der Waals surface area contributed by atoms with Crippen molar-refractivity contribution in [1.29, 1.82) is 0 Å². The van der Waals surface area contributed by atoms with Crippen LogP contribution in [0.2, 0.25) is 0 Å². The maximum Gasteiger partial charge on any atom is 0.121 e. The van der Waals surface area contributed by atoms with Crippen LogP contribution in [0.4, 0.5) is 0 Å². The molecule has 1 aromatic rings. The van der Waals surface area contributed by atoms with E-state index in [1.165, 1.54) is 18.6 Å².